The van der Waals surface area contributed by atoms with E-state index in [0.717, 1.165) is 17.7 Å². The molecule has 2 heterocycles. The van der Waals surface area contributed by atoms with E-state index in [9.17, 15) is 22.4 Å². The number of rotatable bonds is 5. The summed E-state index contributed by atoms with van der Waals surface area (Å²) in [5.41, 5.74) is -0.296. The second kappa shape index (κ2) is 8.66. The van der Waals surface area contributed by atoms with Gasteiger partial charge in [-0.25, -0.2) is 4.39 Å². The summed E-state index contributed by atoms with van der Waals surface area (Å²) in [4.78, 5) is 18.4. The van der Waals surface area contributed by atoms with Crippen molar-refractivity contribution >= 4 is 5.91 Å². The Balaban J connectivity index is 1.64. The number of pyridine rings is 1. The van der Waals surface area contributed by atoms with Gasteiger partial charge in [0.25, 0.3) is 0 Å². The average molecular weight is 396 g/mol. The molecule has 1 aromatic carbocycles. The number of nitrogens with zero attached hydrogens (tertiary/aromatic N) is 2. The van der Waals surface area contributed by atoms with Crippen LogP contribution in [0.4, 0.5) is 17.6 Å². The number of nitrogens with one attached hydrogen (secondary N) is 2. The molecule has 1 atom stereocenters. The van der Waals surface area contributed by atoms with Gasteiger partial charge in [0.1, 0.15) is 5.82 Å². The lowest BCUT2D eigenvalue weighted by atomic mass is 10.1. The molecule has 0 aliphatic carbocycles. The molecule has 1 saturated heterocycles. The molecule has 1 aromatic heterocycles. The molecule has 0 bridgehead atoms. The number of halogens is 4. The first-order valence-electron chi connectivity index (χ1n) is 8.81. The fourth-order valence-electron chi connectivity index (χ4n) is 3.24. The molecule has 28 heavy (non-hydrogen) atoms. The molecule has 150 valence electrons. The van der Waals surface area contributed by atoms with Crippen LogP contribution in [0.2, 0.25) is 0 Å². The molecule has 1 amide bonds. The highest BCUT2D eigenvalue weighted by molar-refractivity contribution is 5.78. The van der Waals surface area contributed by atoms with E-state index in [4.69, 9.17) is 0 Å². The van der Waals surface area contributed by atoms with Gasteiger partial charge in [-0.2, -0.15) is 13.2 Å². The van der Waals surface area contributed by atoms with Crippen molar-refractivity contribution in [2.24, 2.45) is 0 Å². The van der Waals surface area contributed by atoms with E-state index in [1.807, 2.05) is 17.0 Å². The first kappa shape index (κ1) is 20.2. The zero-order chi connectivity index (χ0) is 20.1. The normalized spacial score (nSPS) is 18.1. The van der Waals surface area contributed by atoms with Gasteiger partial charge in [0.2, 0.25) is 5.91 Å². The van der Waals surface area contributed by atoms with Crippen molar-refractivity contribution in [1.82, 2.24) is 20.5 Å². The van der Waals surface area contributed by atoms with Crippen molar-refractivity contribution in [2.75, 3.05) is 26.2 Å². The van der Waals surface area contributed by atoms with Crippen molar-refractivity contribution in [2.45, 2.75) is 18.8 Å². The van der Waals surface area contributed by atoms with Crippen molar-refractivity contribution in [1.29, 1.82) is 0 Å². The lowest BCUT2D eigenvalue weighted by Crippen LogP contribution is -2.49. The molecule has 0 saturated carbocycles. The molecule has 2 N–H and O–H groups in total. The number of aromatic nitrogens is 1. The van der Waals surface area contributed by atoms with Crippen molar-refractivity contribution < 1.29 is 22.4 Å². The largest absolute Gasteiger partial charge is 0.416 e. The quantitative estimate of drug-likeness (QED) is 0.763. The van der Waals surface area contributed by atoms with Gasteiger partial charge in [-0.15, -0.1) is 0 Å². The van der Waals surface area contributed by atoms with E-state index >= 15 is 0 Å². The van der Waals surface area contributed by atoms with Crippen LogP contribution < -0.4 is 10.6 Å². The average Bonchev–Trinajstić information content (AvgIpc) is 2.67. The smallest absolute Gasteiger partial charge is 0.351 e. The highest BCUT2D eigenvalue weighted by Crippen LogP contribution is 2.32. The number of carbonyl (C=O) groups excluding carboxylic acids is 1. The zero-order valence-corrected chi connectivity index (χ0v) is 15.0. The highest BCUT2D eigenvalue weighted by Gasteiger charge is 2.34. The summed E-state index contributed by atoms with van der Waals surface area (Å²) in [7, 11) is 0. The zero-order valence-electron chi connectivity index (χ0n) is 15.0. The molecule has 3 rings (SSSR count). The van der Waals surface area contributed by atoms with Crippen LogP contribution in [0.25, 0.3) is 0 Å². The maximum Gasteiger partial charge on any atom is 0.416 e. The van der Waals surface area contributed by atoms with Gasteiger partial charge in [-0.3, -0.25) is 14.7 Å². The van der Waals surface area contributed by atoms with E-state index in [1.54, 1.807) is 12.4 Å². The third-order valence-corrected chi connectivity index (χ3v) is 4.62. The summed E-state index contributed by atoms with van der Waals surface area (Å²) in [5, 5.41) is 5.77. The molecule has 1 unspecified atom stereocenters. The topological polar surface area (TPSA) is 57.3 Å². The number of carbonyl (C=O) groups is 1. The van der Waals surface area contributed by atoms with E-state index in [1.165, 1.54) is 0 Å². The maximum absolute atomic E-state index is 13.2. The van der Waals surface area contributed by atoms with Crippen LogP contribution in [0.1, 0.15) is 22.7 Å². The minimum Gasteiger partial charge on any atom is -0.351 e. The fraction of sp³-hybridized carbons (Fsp3) is 0.368. The van der Waals surface area contributed by atoms with Gasteiger partial charge in [0, 0.05) is 44.6 Å². The second-order valence-corrected chi connectivity index (χ2v) is 6.55. The van der Waals surface area contributed by atoms with Gasteiger partial charge >= 0.3 is 6.18 Å². The Morgan fingerprint density at radius 2 is 2.14 bits per heavy atom. The lowest BCUT2D eigenvalue weighted by molar-refractivity contribution is -0.138. The van der Waals surface area contributed by atoms with Gasteiger partial charge in [0.15, 0.2) is 0 Å². The molecular weight excluding hydrogens is 376 g/mol. The van der Waals surface area contributed by atoms with Crippen LogP contribution in [0.5, 0.6) is 0 Å². The number of benzene rings is 1. The third kappa shape index (κ3) is 5.05. The number of hydrogen-bond donors (Lipinski definition) is 2. The van der Waals surface area contributed by atoms with Crippen LogP contribution >= 0.6 is 0 Å². The molecular formula is C19H20F4N4O. The van der Waals surface area contributed by atoms with E-state index in [2.05, 4.69) is 15.6 Å². The molecule has 0 spiro atoms. The molecule has 0 radical (unpaired) electrons. The first-order valence-corrected chi connectivity index (χ1v) is 8.81. The standard InChI is InChI=1S/C19H20F4N4O/c20-15-4-3-13(16(8-15)19(21,22)23)10-26-18(28)12-27-7-6-25-11-17(27)14-2-1-5-24-9-14/h1-5,8-9,17,25H,6-7,10-12H2,(H,26,28). The van der Waals surface area contributed by atoms with Crippen LogP contribution in [-0.4, -0.2) is 42.0 Å². The van der Waals surface area contributed by atoms with E-state index in [0.29, 0.717) is 25.7 Å². The van der Waals surface area contributed by atoms with Gasteiger partial charge in [-0.1, -0.05) is 12.1 Å². The Kier molecular flexibility index (Phi) is 6.25. The molecule has 9 heteroatoms. The first-order chi connectivity index (χ1) is 13.3. The van der Waals surface area contributed by atoms with Crippen molar-refractivity contribution in [3.05, 3.63) is 65.2 Å². The minimum absolute atomic E-state index is 0.0454. The molecule has 5 nitrogen and oxygen atoms in total. The third-order valence-electron chi connectivity index (χ3n) is 4.62. The summed E-state index contributed by atoms with van der Waals surface area (Å²) in [6.07, 6.45) is -1.29. The maximum atomic E-state index is 13.2. The lowest BCUT2D eigenvalue weighted by Gasteiger charge is -2.35. The molecule has 1 aliphatic rings. The van der Waals surface area contributed by atoms with E-state index in [-0.39, 0.29) is 24.7 Å². The molecule has 2 aromatic rings. The Morgan fingerprint density at radius 1 is 1.32 bits per heavy atom. The highest BCUT2D eigenvalue weighted by atomic mass is 19.4. The van der Waals surface area contributed by atoms with Crippen molar-refractivity contribution in [3.8, 4) is 0 Å². The van der Waals surface area contributed by atoms with E-state index < -0.39 is 23.5 Å². The summed E-state index contributed by atoms with van der Waals surface area (Å²) < 4.78 is 52.4. The van der Waals surface area contributed by atoms with Crippen LogP contribution in [-0.2, 0) is 17.5 Å². The molecule has 1 aliphatic heterocycles. The number of amides is 1. The predicted molar refractivity (Wildman–Crippen MR) is 94.7 cm³/mol. The summed E-state index contributed by atoms with van der Waals surface area (Å²) in [6.45, 7) is 1.70. The van der Waals surface area contributed by atoms with Crippen molar-refractivity contribution in [3.63, 3.8) is 0 Å². The monoisotopic (exact) mass is 396 g/mol. The fourth-order valence-corrected chi connectivity index (χ4v) is 3.24. The number of hydrogen-bond acceptors (Lipinski definition) is 4. The number of alkyl halides is 3. The minimum atomic E-state index is -4.69. The van der Waals surface area contributed by atoms with Crippen LogP contribution in [0, 0.1) is 5.82 Å². The van der Waals surface area contributed by atoms with Gasteiger partial charge < -0.3 is 10.6 Å². The summed E-state index contributed by atoms with van der Waals surface area (Å²) in [5.74, 6) is -1.37. The predicted octanol–water partition coefficient (Wildman–Crippen LogP) is 2.50. The SMILES string of the molecule is O=C(CN1CCNCC1c1cccnc1)NCc1ccc(F)cc1C(F)(F)F. The van der Waals surface area contributed by atoms with Crippen LogP contribution in [0.3, 0.4) is 0 Å². The Morgan fingerprint density at radius 3 is 2.86 bits per heavy atom. The Hall–Kier alpha value is -2.52. The second-order valence-electron chi connectivity index (χ2n) is 6.55. The summed E-state index contributed by atoms with van der Waals surface area (Å²) in [6, 6.07) is 6.12. The molecule has 1 fully saturated rings. The Bertz CT molecular complexity index is 813. The van der Waals surface area contributed by atoms with Crippen LogP contribution in [0.15, 0.2) is 42.7 Å². The Labute approximate surface area is 159 Å². The van der Waals surface area contributed by atoms with Gasteiger partial charge in [-0.05, 0) is 29.3 Å². The summed E-state index contributed by atoms with van der Waals surface area (Å²) >= 11 is 0. The van der Waals surface area contributed by atoms with Gasteiger partial charge in [0.05, 0.1) is 12.1 Å². The number of piperazine rings is 1.